The van der Waals surface area contributed by atoms with Gasteiger partial charge in [0, 0.05) is 6.42 Å². The van der Waals surface area contributed by atoms with Crippen LogP contribution in [0.25, 0.3) is 0 Å². The summed E-state index contributed by atoms with van der Waals surface area (Å²) in [4.78, 5) is 9.73. The molecule has 0 spiro atoms. The number of cyclic esters (lactones) is 1. The van der Waals surface area contributed by atoms with Gasteiger partial charge in [-0.2, -0.15) is 0 Å². The van der Waals surface area contributed by atoms with Crippen LogP contribution in [0, 0.1) is 0 Å². The molecule has 3 heteroatoms. The van der Waals surface area contributed by atoms with Crippen LogP contribution in [0.1, 0.15) is 26.2 Å². The summed E-state index contributed by atoms with van der Waals surface area (Å²) in [5.41, 5.74) is 0. The summed E-state index contributed by atoms with van der Waals surface area (Å²) in [6.07, 6.45) is 2.85. The van der Waals surface area contributed by atoms with Gasteiger partial charge in [0.25, 0.3) is 4.93 Å². The van der Waals surface area contributed by atoms with E-state index >= 15 is 0 Å². The molecular formula is C6H10O2S. The van der Waals surface area contributed by atoms with E-state index < -0.39 is 4.93 Å². The van der Waals surface area contributed by atoms with Crippen molar-refractivity contribution in [3.8, 4) is 0 Å². The second-order valence-corrected chi connectivity index (χ2v) is 3.00. The maximum Gasteiger partial charge on any atom is 0.363 e. The molecule has 1 rings (SSSR count). The Morgan fingerprint density at radius 2 is 2.33 bits per heavy atom. The third kappa shape index (κ3) is 1.39. The molecule has 1 unspecified atom stereocenters. The van der Waals surface area contributed by atoms with Crippen LogP contribution in [-0.2, 0) is 9.53 Å². The SMILES string of the molecule is CCCCC1(S)OC1=O. The fourth-order valence-electron chi connectivity index (χ4n) is 0.697. The summed E-state index contributed by atoms with van der Waals surface area (Å²) in [6.45, 7) is 2.07. The predicted molar refractivity (Wildman–Crippen MR) is 37.3 cm³/mol. The molecule has 52 valence electrons. The molecule has 1 aliphatic rings. The van der Waals surface area contributed by atoms with Gasteiger partial charge in [0.2, 0.25) is 0 Å². The van der Waals surface area contributed by atoms with Gasteiger partial charge in [0.1, 0.15) is 0 Å². The van der Waals surface area contributed by atoms with Gasteiger partial charge in [0.05, 0.1) is 0 Å². The normalized spacial score (nSPS) is 32.0. The van der Waals surface area contributed by atoms with E-state index in [1.807, 2.05) is 0 Å². The summed E-state index contributed by atoms with van der Waals surface area (Å²) in [5, 5.41) is 0. The summed E-state index contributed by atoms with van der Waals surface area (Å²) in [6, 6.07) is 0. The van der Waals surface area contributed by atoms with Crippen LogP contribution in [-0.4, -0.2) is 10.9 Å². The zero-order valence-corrected chi connectivity index (χ0v) is 6.28. The van der Waals surface area contributed by atoms with Crippen LogP contribution in [0.15, 0.2) is 0 Å². The number of ether oxygens (including phenoxy) is 1. The Balaban J connectivity index is 2.21. The van der Waals surface area contributed by atoms with Gasteiger partial charge >= 0.3 is 5.97 Å². The average Bonchev–Trinajstić information content (AvgIpc) is 2.38. The fourth-order valence-corrected chi connectivity index (χ4v) is 0.938. The molecule has 0 aliphatic carbocycles. The van der Waals surface area contributed by atoms with Crippen LogP contribution in [0.2, 0.25) is 0 Å². The van der Waals surface area contributed by atoms with Crippen LogP contribution < -0.4 is 0 Å². The summed E-state index contributed by atoms with van der Waals surface area (Å²) < 4.78 is 4.63. The minimum atomic E-state index is -0.685. The van der Waals surface area contributed by atoms with E-state index in [9.17, 15) is 4.79 Å². The van der Waals surface area contributed by atoms with E-state index in [0.29, 0.717) is 0 Å². The molecule has 0 aromatic rings. The number of hydrogen-bond donors (Lipinski definition) is 1. The maximum atomic E-state index is 10.4. The second kappa shape index (κ2) is 2.21. The molecule has 1 aliphatic heterocycles. The van der Waals surface area contributed by atoms with Gasteiger partial charge in [0.15, 0.2) is 0 Å². The second-order valence-electron chi connectivity index (χ2n) is 2.28. The third-order valence-corrected chi connectivity index (χ3v) is 1.91. The summed E-state index contributed by atoms with van der Waals surface area (Å²) >= 11 is 4.02. The van der Waals surface area contributed by atoms with Gasteiger partial charge in [-0.15, -0.1) is 12.6 Å². The van der Waals surface area contributed by atoms with Crippen LogP contribution in [0.4, 0.5) is 0 Å². The molecule has 0 aromatic carbocycles. The van der Waals surface area contributed by atoms with Crippen molar-refractivity contribution in [3.05, 3.63) is 0 Å². The highest BCUT2D eigenvalue weighted by atomic mass is 32.1. The topological polar surface area (TPSA) is 29.6 Å². The van der Waals surface area contributed by atoms with Crippen LogP contribution >= 0.6 is 12.6 Å². The van der Waals surface area contributed by atoms with Crippen molar-refractivity contribution in [1.82, 2.24) is 0 Å². The molecule has 1 saturated heterocycles. The zero-order chi connectivity index (χ0) is 6.91. The lowest BCUT2D eigenvalue weighted by molar-refractivity contribution is -0.117. The number of carbonyl (C=O) groups excluding carboxylic acids is 1. The van der Waals surface area contributed by atoms with Crippen molar-refractivity contribution < 1.29 is 9.53 Å². The molecule has 1 atom stereocenters. The first kappa shape index (κ1) is 6.93. The minimum absolute atomic E-state index is 0.167. The molecule has 0 N–H and O–H groups in total. The molecule has 0 radical (unpaired) electrons. The highest BCUT2D eigenvalue weighted by molar-refractivity contribution is 7.83. The summed E-state index contributed by atoms with van der Waals surface area (Å²) in [5.74, 6) is -0.167. The van der Waals surface area contributed by atoms with E-state index in [2.05, 4.69) is 24.3 Å². The van der Waals surface area contributed by atoms with E-state index in [-0.39, 0.29) is 5.97 Å². The van der Waals surface area contributed by atoms with Crippen molar-refractivity contribution >= 4 is 18.6 Å². The van der Waals surface area contributed by atoms with E-state index in [1.165, 1.54) is 0 Å². The maximum absolute atomic E-state index is 10.4. The average molecular weight is 146 g/mol. The largest absolute Gasteiger partial charge is 0.433 e. The quantitative estimate of drug-likeness (QED) is 0.481. The number of epoxide rings is 1. The number of rotatable bonds is 3. The van der Waals surface area contributed by atoms with E-state index in [1.54, 1.807) is 0 Å². The van der Waals surface area contributed by atoms with E-state index in [4.69, 9.17) is 0 Å². The molecule has 9 heavy (non-hydrogen) atoms. The van der Waals surface area contributed by atoms with Crippen molar-refractivity contribution in [2.24, 2.45) is 0 Å². The molecule has 0 amide bonds. The number of thiol groups is 1. The van der Waals surface area contributed by atoms with Crippen molar-refractivity contribution in [1.29, 1.82) is 0 Å². The summed E-state index contributed by atoms with van der Waals surface area (Å²) in [7, 11) is 0. The van der Waals surface area contributed by atoms with Crippen LogP contribution in [0.5, 0.6) is 0 Å². The number of carbonyl (C=O) groups is 1. The van der Waals surface area contributed by atoms with Gasteiger partial charge in [-0.05, 0) is 6.42 Å². The first-order valence-corrected chi connectivity index (χ1v) is 3.59. The van der Waals surface area contributed by atoms with Crippen LogP contribution in [0.3, 0.4) is 0 Å². The first-order chi connectivity index (χ1) is 4.19. The van der Waals surface area contributed by atoms with Gasteiger partial charge < -0.3 is 4.74 Å². The lowest BCUT2D eigenvalue weighted by Gasteiger charge is -1.95. The van der Waals surface area contributed by atoms with E-state index in [0.717, 1.165) is 19.3 Å². The fraction of sp³-hybridized carbons (Fsp3) is 0.833. The predicted octanol–water partition coefficient (Wildman–Crippen LogP) is 1.36. The third-order valence-electron chi connectivity index (χ3n) is 1.41. The molecular weight excluding hydrogens is 136 g/mol. The molecule has 0 aromatic heterocycles. The molecule has 0 saturated carbocycles. The van der Waals surface area contributed by atoms with Crippen molar-refractivity contribution in [3.63, 3.8) is 0 Å². The lowest BCUT2D eigenvalue weighted by atomic mass is 10.2. The molecule has 0 bridgehead atoms. The Hall–Kier alpha value is -0.180. The Labute approximate surface area is 60.0 Å². The standard InChI is InChI=1S/C6H10O2S/c1-2-3-4-6(9)5(7)8-6/h9H,2-4H2,1H3. The molecule has 2 nitrogen and oxygen atoms in total. The Morgan fingerprint density at radius 1 is 1.78 bits per heavy atom. The molecule has 1 heterocycles. The monoisotopic (exact) mass is 146 g/mol. The zero-order valence-electron chi connectivity index (χ0n) is 5.39. The number of hydrogen-bond acceptors (Lipinski definition) is 3. The minimum Gasteiger partial charge on any atom is -0.433 e. The first-order valence-electron chi connectivity index (χ1n) is 3.15. The Morgan fingerprint density at radius 3 is 2.67 bits per heavy atom. The highest BCUT2D eigenvalue weighted by Gasteiger charge is 2.54. The Kier molecular flexibility index (Phi) is 1.70. The highest BCUT2D eigenvalue weighted by Crippen LogP contribution is 2.38. The van der Waals surface area contributed by atoms with Crippen molar-refractivity contribution in [2.75, 3.05) is 0 Å². The molecule has 1 fully saturated rings. The van der Waals surface area contributed by atoms with Crippen molar-refractivity contribution in [2.45, 2.75) is 31.1 Å². The Bertz CT molecular complexity index is 135. The smallest absolute Gasteiger partial charge is 0.363 e. The number of unbranched alkanes of at least 4 members (excludes halogenated alkanes) is 1. The van der Waals surface area contributed by atoms with Gasteiger partial charge in [-0.25, -0.2) is 4.79 Å². The van der Waals surface area contributed by atoms with Gasteiger partial charge in [-0.3, -0.25) is 0 Å². The van der Waals surface area contributed by atoms with Gasteiger partial charge in [-0.1, -0.05) is 13.3 Å². The lowest BCUT2D eigenvalue weighted by Crippen LogP contribution is -2.01.